The molecule has 0 unspecified atom stereocenters. The van der Waals surface area contributed by atoms with Crippen LogP contribution in [0.1, 0.15) is 36.8 Å². The smallest absolute Gasteiger partial charge is 0.412 e. The molecule has 0 fully saturated rings. The Bertz CT molecular complexity index is 1440. The average Bonchev–Trinajstić information content (AvgIpc) is 3.61. The summed E-state index contributed by atoms with van der Waals surface area (Å²) in [4.78, 5) is 26.5. The molecule has 0 aliphatic carbocycles. The lowest BCUT2D eigenvalue weighted by atomic mass is 10.1. The highest BCUT2D eigenvalue weighted by Crippen LogP contribution is 2.33. The predicted octanol–water partition coefficient (Wildman–Crippen LogP) is 5.38. The van der Waals surface area contributed by atoms with Gasteiger partial charge in [-0.25, -0.2) is 9.48 Å². The van der Waals surface area contributed by atoms with Gasteiger partial charge in [0.25, 0.3) is 5.91 Å². The van der Waals surface area contributed by atoms with Crippen molar-refractivity contribution in [3.63, 3.8) is 0 Å². The molecule has 0 bridgehead atoms. The molecule has 0 saturated carbocycles. The molecule has 2 aromatic heterocycles. The van der Waals surface area contributed by atoms with Crippen LogP contribution in [0.3, 0.4) is 0 Å². The lowest BCUT2D eigenvalue weighted by Gasteiger charge is -2.20. The Hall–Kier alpha value is -4.38. The van der Waals surface area contributed by atoms with Gasteiger partial charge in [0, 0.05) is 4.88 Å². The number of hydrogen-bond acceptors (Lipinski definition) is 8. The maximum absolute atomic E-state index is 13.1. The average molecular weight is 520 g/mol. The van der Waals surface area contributed by atoms with Gasteiger partial charge < -0.3 is 19.5 Å². The van der Waals surface area contributed by atoms with Crippen LogP contribution in [-0.4, -0.2) is 39.4 Å². The van der Waals surface area contributed by atoms with Crippen molar-refractivity contribution in [2.45, 2.75) is 32.9 Å². The number of carbonyl (C=O) groups excluding carboxylic acids is 2. The number of benzene rings is 2. The van der Waals surface area contributed by atoms with Crippen LogP contribution in [0.25, 0.3) is 10.4 Å². The summed E-state index contributed by atoms with van der Waals surface area (Å²) in [7, 11) is 0. The third-order valence-corrected chi connectivity index (χ3v) is 6.18. The van der Waals surface area contributed by atoms with Gasteiger partial charge in [-0.2, -0.15) is 0 Å². The topological polar surface area (TPSA) is 117 Å². The van der Waals surface area contributed by atoms with Crippen molar-refractivity contribution < 1.29 is 23.8 Å². The zero-order chi connectivity index (χ0) is 26.0. The molecule has 1 aliphatic heterocycles. The number of amides is 2. The molecule has 4 aromatic rings. The Labute approximate surface area is 217 Å². The van der Waals surface area contributed by atoms with Crippen molar-refractivity contribution >= 4 is 34.7 Å². The van der Waals surface area contributed by atoms with E-state index in [9.17, 15) is 9.59 Å². The highest BCUT2D eigenvalue weighted by atomic mass is 32.1. The third kappa shape index (κ3) is 5.89. The van der Waals surface area contributed by atoms with E-state index in [-0.39, 0.29) is 12.5 Å². The van der Waals surface area contributed by atoms with Crippen LogP contribution >= 0.6 is 11.3 Å². The standard InChI is InChI=1S/C26H25N5O5S/c1-26(2,3)36-25(33)28-18-8-7-17(23-5-4-10-37-23)12-19(18)27-24(32)20-14-31(30-29-20)13-16-6-9-21-22(11-16)35-15-34-21/h4-12,14H,13,15H2,1-3H3,(H,27,32)(H,28,33). The summed E-state index contributed by atoms with van der Waals surface area (Å²) in [5.74, 6) is 0.904. The van der Waals surface area contributed by atoms with E-state index in [2.05, 4.69) is 20.9 Å². The molecule has 0 saturated heterocycles. The van der Waals surface area contributed by atoms with Crippen LogP contribution in [0.4, 0.5) is 16.2 Å². The fraction of sp³-hybridized carbons (Fsp3) is 0.231. The van der Waals surface area contributed by atoms with Gasteiger partial charge >= 0.3 is 6.09 Å². The third-order valence-electron chi connectivity index (χ3n) is 5.26. The van der Waals surface area contributed by atoms with Crippen molar-refractivity contribution in [3.8, 4) is 21.9 Å². The molecule has 3 heterocycles. The second kappa shape index (κ2) is 9.94. The van der Waals surface area contributed by atoms with Crippen molar-refractivity contribution in [1.29, 1.82) is 0 Å². The van der Waals surface area contributed by atoms with Gasteiger partial charge in [-0.05, 0) is 67.6 Å². The first kappa shape index (κ1) is 24.3. The molecule has 2 amide bonds. The molecule has 0 atom stereocenters. The fourth-order valence-electron chi connectivity index (χ4n) is 3.66. The van der Waals surface area contributed by atoms with Gasteiger partial charge in [0.05, 0.1) is 24.1 Å². The van der Waals surface area contributed by atoms with Gasteiger partial charge in [0.2, 0.25) is 6.79 Å². The van der Waals surface area contributed by atoms with Crippen LogP contribution < -0.4 is 20.1 Å². The van der Waals surface area contributed by atoms with Crippen molar-refractivity contribution in [1.82, 2.24) is 15.0 Å². The normalized spacial score (nSPS) is 12.3. The summed E-state index contributed by atoms with van der Waals surface area (Å²) in [5.41, 5.74) is 2.09. The molecule has 5 rings (SSSR count). The van der Waals surface area contributed by atoms with E-state index >= 15 is 0 Å². The minimum absolute atomic E-state index is 0.130. The largest absolute Gasteiger partial charge is 0.454 e. The monoisotopic (exact) mass is 519 g/mol. The molecule has 0 spiro atoms. The number of ether oxygens (including phenoxy) is 3. The number of nitrogens with one attached hydrogen (secondary N) is 2. The van der Waals surface area contributed by atoms with Gasteiger partial charge in [-0.1, -0.05) is 23.4 Å². The first-order chi connectivity index (χ1) is 17.7. The van der Waals surface area contributed by atoms with E-state index in [1.165, 1.54) is 0 Å². The molecule has 190 valence electrons. The molecule has 0 radical (unpaired) electrons. The summed E-state index contributed by atoms with van der Waals surface area (Å²) in [6.45, 7) is 5.94. The summed E-state index contributed by atoms with van der Waals surface area (Å²) in [6.07, 6.45) is 0.936. The van der Waals surface area contributed by atoms with Gasteiger partial charge in [-0.3, -0.25) is 10.1 Å². The first-order valence-corrected chi connectivity index (χ1v) is 12.4. The fourth-order valence-corrected chi connectivity index (χ4v) is 4.38. The minimum atomic E-state index is -0.666. The summed E-state index contributed by atoms with van der Waals surface area (Å²) in [5, 5.41) is 15.7. The van der Waals surface area contributed by atoms with Crippen LogP contribution in [0.2, 0.25) is 0 Å². The number of carbonyl (C=O) groups is 2. The highest BCUT2D eigenvalue weighted by Gasteiger charge is 2.20. The summed E-state index contributed by atoms with van der Waals surface area (Å²) in [6, 6.07) is 14.9. The van der Waals surface area contributed by atoms with E-state index in [0.29, 0.717) is 29.4 Å². The number of nitrogens with zero attached hydrogens (tertiary/aromatic N) is 3. The van der Waals surface area contributed by atoms with Crippen molar-refractivity contribution in [3.05, 3.63) is 71.4 Å². The number of anilines is 2. The molecule has 2 N–H and O–H groups in total. The lowest BCUT2D eigenvalue weighted by molar-refractivity contribution is 0.0635. The summed E-state index contributed by atoms with van der Waals surface area (Å²) < 4.78 is 17.7. The van der Waals surface area contributed by atoms with Gasteiger partial charge in [0.1, 0.15) is 5.60 Å². The number of hydrogen-bond donors (Lipinski definition) is 2. The maximum atomic E-state index is 13.1. The molecular formula is C26H25N5O5S. The number of rotatable bonds is 6. The Morgan fingerprint density at radius 3 is 2.68 bits per heavy atom. The minimum Gasteiger partial charge on any atom is -0.454 e. The SMILES string of the molecule is CC(C)(C)OC(=O)Nc1ccc(-c2cccs2)cc1NC(=O)c1cn(Cc2ccc3c(c2)OCO3)nn1. The van der Waals surface area contributed by atoms with Gasteiger partial charge in [0.15, 0.2) is 17.2 Å². The zero-order valence-electron chi connectivity index (χ0n) is 20.5. The molecule has 1 aliphatic rings. The molecule has 2 aromatic carbocycles. The van der Waals surface area contributed by atoms with Crippen LogP contribution in [0, 0.1) is 0 Å². The number of thiophene rings is 1. The maximum Gasteiger partial charge on any atom is 0.412 e. The van der Waals surface area contributed by atoms with Crippen LogP contribution in [0.15, 0.2) is 60.1 Å². The van der Waals surface area contributed by atoms with Crippen LogP contribution in [-0.2, 0) is 11.3 Å². The van der Waals surface area contributed by atoms with Gasteiger partial charge in [-0.15, -0.1) is 16.4 Å². The molecule has 11 heteroatoms. The van der Waals surface area contributed by atoms with E-state index in [1.54, 1.807) is 55.1 Å². The van der Waals surface area contributed by atoms with E-state index < -0.39 is 17.6 Å². The summed E-state index contributed by atoms with van der Waals surface area (Å²) >= 11 is 1.57. The van der Waals surface area contributed by atoms with Crippen LogP contribution in [0.5, 0.6) is 11.5 Å². The Morgan fingerprint density at radius 1 is 1.05 bits per heavy atom. The highest BCUT2D eigenvalue weighted by molar-refractivity contribution is 7.13. The van der Waals surface area contributed by atoms with Crippen molar-refractivity contribution in [2.75, 3.05) is 17.4 Å². The quantitative estimate of drug-likeness (QED) is 0.351. The second-order valence-corrected chi connectivity index (χ2v) is 10.3. The van der Waals surface area contributed by atoms with E-state index in [4.69, 9.17) is 14.2 Å². The lowest BCUT2D eigenvalue weighted by Crippen LogP contribution is -2.27. The zero-order valence-corrected chi connectivity index (χ0v) is 21.3. The Kier molecular flexibility index (Phi) is 6.53. The number of aromatic nitrogens is 3. The molecular weight excluding hydrogens is 494 g/mol. The van der Waals surface area contributed by atoms with E-state index in [1.807, 2.05) is 41.8 Å². The predicted molar refractivity (Wildman–Crippen MR) is 139 cm³/mol. The number of fused-ring (bicyclic) bond motifs is 1. The molecule has 10 nitrogen and oxygen atoms in total. The second-order valence-electron chi connectivity index (χ2n) is 9.31. The molecule has 37 heavy (non-hydrogen) atoms. The Morgan fingerprint density at radius 2 is 1.89 bits per heavy atom. The first-order valence-electron chi connectivity index (χ1n) is 11.5. The van der Waals surface area contributed by atoms with Crippen molar-refractivity contribution in [2.24, 2.45) is 0 Å². The van der Waals surface area contributed by atoms with E-state index in [0.717, 1.165) is 16.0 Å². The Balaban J connectivity index is 1.34.